The van der Waals surface area contributed by atoms with Crippen LogP contribution in [0.1, 0.15) is 6.42 Å². The van der Waals surface area contributed by atoms with E-state index >= 15 is 0 Å². The second-order valence-corrected chi connectivity index (χ2v) is 2.65. The molecular formula is C6H11N3O3. The van der Waals surface area contributed by atoms with E-state index < -0.39 is 12.2 Å². The summed E-state index contributed by atoms with van der Waals surface area (Å²) >= 11 is 0. The molecule has 0 aromatic rings. The highest BCUT2D eigenvalue weighted by atomic mass is 16.6. The molecule has 2 amide bonds. The topological polar surface area (TPSA) is 107 Å². The lowest BCUT2D eigenvalue weighted by atomic mass is 10.0. The van der Waals surface area contributed by atoms with Gasteiger partial charge >= 0.3 is 6.09 Å². The zero-order chi connectivity index (χ0) is 9.14. The van der Waals surface area contributed by atoms with Crippen molar-refractivity contribution in [2.24, 2.45) is 11.5 Å². The Bertz CT molecular complexity index is 204. The number of hydrogen-bond donors (Lipinski definition) is 3. The van der Waals surface area contributed by atoms with Gasteiger partial charge in [0.15, 0.2) is 0 Å². The molecule has 1 heterocycles. The van der Waals surface area contributed by atoms with Gasteiger partial charge in [-0.2, -0.15) is 0 Å². The molecule has 0 saturated carbocycles. The van der Waals surface area contributed by atoms with Gasteiger partial charge in [-0.05, 0) is 0 Å². The second-order valence-electron chi connectivity index (χ2n) is 2.65. The third-order valence-electron chi connectivity index (χ3n) is 1.67. The summed E-state index contributed by atoms with van der Waals surface area (Å²) in [5.41, 5.74) is 10.3. The Hall–Kier alpha value is -1.30. The van der Waals surface area contributed by atoms with E-state index in [0.717, 1.165) is 0 Å². The Morgan fingerprint density at radius 1 is 1.67 bits per heavy atom. The number of carbonyl (C=O) groups excluding carboxylic acids is 2. The third-order valence-corrected chi connectivity index (χ3v) is 1.67. The van der Waals surface area contributed by atoms with E-state index in [1.54, 1.807) is 0 Å². The molecule has 68 valence electrons. The maximum Gasteiger partial charge on any atom is 0.404 e. The molecule has 6 nitrogen and oxygen atoms in total. The molecule has 1 aliphatic rings. The second kappa shape index (κ2) is 3.40. The molecule has 0 radical (unpaired) electrons. The predicted octanol–water partition coefficient (Wildman–Crippen LogP) is -1.70. The number of ether oxygens (including phenoxy) is 1. The molecule has 6 heteroatoms. The standard InChI is InChI=1S/C6H11N3O3/c7-3-2-9-5(10)1-4(3)12-6(8)11/h3-4H,1-2,7H2,(H2,8,11)(H,9,10)/t3-,4-/m1/s1. The summed E-state index contributed by atoms with van der Waals surface area (Å²) in [6.07, 6.45) is -1.40. The maximum absolute atomic E-state index is 10.8. The molecule has 0 unspecified atom stereocenters. The molecule has 12 heavy (non-hydrogen) atoms. The van der Waals surface area contributed by atoms with Crippen LogP contribution in [-0.4, -0.2) is 30.7 Å². The van der Waals surface area contributed by atoms with Crippen molar-refractivity contribution in [3.8, 4) is 0 Å². The summed E-state index contributed by atoms with van der Waals surface area (Å²) in [5, 5.41) is 2.54. The van der Waals surface area contributed by atoms with Crippen LogP contribution in [0, 0.1) is 0 Å². The minimum Gasteiger partial charge on any atom is -0.444 e. The van der Waals surface area contributed by atoms with Gasteiger partial charge in [0.1, 0.15) is 6.10 Å². The first-order valence-electron chi connectivity index (χ1n) is 3.58. The lowest BCUT2D eigenvalue weighted by Gasteiger charge is -2.27. The SMILES string of the molecule is NC(=O)O[C@@H]1CC(=O)NC[C@H]1N. The van der Waals surface area contributed by atoms with Gasteiger partial charge in [0.05, 0.1) is 12.5 Å². The van der Waals surface area contributed by atoms with Gasteiger partial charge in [0.2, 0.25) is 5.91 Å². The van der Waals surface area contributed by atoms with Gasteiger partial charge in [-0.25, -0.2) is 4.79 Å². The zero-order valence-corrected chi connectivity index (χ0v) is 6.45. The Balaban J connectivity index is 2.49. The number of hydrogen-bond acceptors (Lipinski definition) is 4. The van der Waals surface area contributed by atoms with Crippen molar-refractivity contribution in [3.05, 3.63) is 0 Å². The monoisotopic (exact) mass is 173 g/mol. The molecule has 0 aromatic heterocycles. The van der Waals surface area contributed by atoms with Gasteiger partial charge in [0, 0.05) is 6.54 Å². The van der Waals surface area contributed by atoms with Crippen LogP contribution in [0.3, 0.4) is 0 Å². The van der Waals surface area contributed by atoms with Crippen LogP contribution in [0.15, 0.2) is 0 Å². The highest BCUT2D eigenvalue weighted by Crippen LogP contribution is 2.06. The average molecular weight is 173 g/mol. The van der Waals surface area contributed by atoms with E-state index in [1.165, 1.54) is 0 Å². The lowest BCUT2D eigenvalue weighted by Crippen LogP contribution is -2.53. The van der Waals surface area contributed by atoms with Gasteiger partial charge in [-0.3, -0.25) is 4.79 Å². The van der Waals surface area contributed by atoms with Crippen LogP contribution in [-0.2, 0) is 9.53 Å². The highest BCUT2D eigenvalue weighted by molar-refractivity contribution is 5.78. The number of primary amides is 1. The van der Waals surface area contributed by atoms with E-state index in [2.05, 4.69) is 10.1 Å². The van der Waals surface area contributed by atoms with Gasteiger partial charge in [-0.15, -0.1) is 0 Å². The van der Waals surface area contributed by atoms with Crippen molar-refractivity contribution >= 4 is 12.0 Å². The fourth-order valence-electron chi connectivity index (χ4n) is 1.05. The van der Waals surface area contributed by atoms with Crippen molar-refractivity contribution in [2.45, 2.75) is 18.6 Å². The number of rotatable bonds is 1. The minimum atomic E-state index is -0.898. The molecule has 0 spiro atoms. The highest BCUT2D eigenvalue weighted by Gasteiger charge is 2.28. The van der Waals surface area contributed by atoms with E-state index in [9.17, 15) is 9.59 Å². The summed E-state index contributed by atoms with van der Waals surface area (Å²) in [6, 6.07) is -0.366. The van der Waals surface area contributed by atoms with E-state index in [4.69, 9.17) is 11.5 Å². The van der Waals surface area contributed by atoms with Gasteiger partial charge in [-0.1, -0.05) is 0 Å². The van der Waals surface area contributed by atoms with Crippen LogP contribution in [0.4, 0.5) is 4.79 Å². The quantitative estimate of drug-likeness (QED) is 0.439. The summed E-state index contributed by atoms with van der Waals surface area (Å²) in [4.78, 5) is 21.1. The lowest BCUT2D eigenvalue weighted by molar-refractivity contribution is -0.125. The molecular weight excluding hydrogens is 162 g/mol. The van der Waals surface area contributed by atoms with Gasteiger partial charge in [0.25, 0.3) is 0 Å². The van der Waals surface area contributed by atoms with E-state index in [0.29, 0.717) is 6.54 Å². The van der Waals surface area contributed by atoms with Crippen LogP contribution in [0.5, 0.6) is 0 Å². The third kappa shape index (κ3) is 2.09. The number of piperidine rings is 1. The van der Waals surface area contributed by atoms with Crippen LogP contribution in [0.2, 0.25) is 0 Å². The first-order chi connectivity index (χ1) is 5.59. The molecule has 0 aromatic carbocycles. The number of carbonyl (C=O) groups is 2. The predicted molar refractivity (Wildman–Crippen MR) is 40.1 cm³/mol. The fraction of sp³-hybridized carbons (Fsp3) is 0.667. The normalized spacial score (nSPS) is 29.2. The Kier molecular flexibility index (Phi) is 2.49. The molecule has 2 atom stereocenters. The molecule has 5 N–H and O–H groups in total. The largest absolute Gasteiger partial charge is 0.444 e. The zero-order valence-electron chi connectivity index (χ0n) is 6.45. The van der Waals surface area contributed by atoms with Crippen molar-refractivity contribution in [1.82, 2.24) is 5.32 Å². The van der Waals surface area contributed by atoms with E-state index in [-0.39, 0.29) is 18.4 Å². The Labute approximate surface area is 69.2 Å². The van der Waals surface area contributed by atoms with Crippen LogP contribution >= 0.6 is 0 Å². The van der Waals surface area contributed by atoms with Crippen molar-refractivity contribution in [2.75, 3.05) is 6.54 Å². The molecule has 1 fully saturated rings. The molecule has 0 aliphatic carbocycles. The van der Waals surface area contributed by atoms with E-state index in [1.807, 2.05) is 0 Å². The van der Waals surface area contributed by atoms with Crippen LogP contribution in [0.25, 0.3) is 0 Å². The summed E-state index contributed by atoms with van der Waals surface area (Å²) in [6.45, 7) is 0.316. The first kappa shape index (κ1) is 8.79. The van der Waals surface area contributed by atoms with Crippen molar-refractivity contribution < 1.29 is 14.3 Å². The smallest absolute Gasteiger partial charge is 0.404 e. The van der Waals surface area contributed by atoms with Crippen molar-refractivity contribution in [3.63, 3.8) is 0 Å². The summed E-state index contributed by atoms with van der Waals surface area (Å²) < 4.78 is 4.63. The van der Waals surface area contributed by atoms with Crippen LogP contribution < -0.4 is 16.8 Å². The number of nitrogens with two attached hydrogens (primary N) is 2. The summed E-state index contributed by atoms with van der Waals surface area (Å²) in [7, 11) is 0. The molecule has 1 aliphatic heterocycles. The minimum absolute atomic E-state index is 0.0874. The number of amides is 2. The molecule has 0 bridgehead atoms. The van der Waals surface area contributed by atoms with Gasteiger partial charge < -0.3 is 21.5 Å². The summed E-state index contributed by atoms with van der Waals surface area (Å²) in [5.74, 6) is -0.178. The maximum atomic E-state index is 10.8. The number of nitrogens with one attached hydrogen (secondary N) is 1. The average Bonchev–Trinajstić information content (AvgIpc) is 1.96. The first-order valence-corrected chi connectivity index (χ1v) is 3.58. The molecule has 1 saturated heterocycles. The molecule has 1 rings (SSSR count). The Morgan fingerprint density at radius 3 is 2.92 bits per heavy atom. The Morgan fingerprint density at radius 2 is 2.33 bits per heavy atom. The fourth-order valence-corrected chi connectivity index (χ4v) is 1.05. The van der Waals surface area contributed by atoms with Crippen molar-refractivity contribution in [1.29, 1.82) is 0 Å².